The first-order chi connectivity index (χ1) is 5.79. The van der Waals surface area contributed by atoms with Crippen molar-refractivity contribution >= 4 is 22.5 Å². The molecule has 2 heterocycles. The normalized spacial score (nSPS) is 10.5. The van der Waals surface area contributed by atoms with Crippen molar-refractivity contribution in [1.82, 2.24) is 9.97 Å². The van der Waals surface area contributed by atoms with E-state index in [9.17, 15) is 0 Å². The number of hydrogen-bond donors (Lipinski definition) is 0. The molecule has 0 amide bonds. The molecule has 0 fully saturated rings. The maximum Gasteiger partial charge on any atom is 0.0776 e. The van der Waals surface area contributed by atoms with Gasteiger partial charge < -0.3 is 0 Å². The molecule has 0 saturated heterocycles. The lowest BCUT2D eigenvalue weighted by atomic mass is 10.2. The van der Waals surface area contributed by atoms with E-state index < -0.39 is 0 Å². The molecular formula is C9H7ClN2. The first-order valence-electron chi connectivity index (χ1n) is 3.64. The average molecular weight is 179 g/mol. The Balaban J connectivity index is 2.94. The third-order valence-corrected chi connectivity index (χ3v) is 2.11. The van der Waals surface area contributed by atoms with Crippen LogP contribution in [0.15, 0.2) is 24.7 Å². The summed E-state index contributed by atoms with van der Waals surface area (Å²) in [7, 11) is 0. The highest BCUT2D eigenvalue weighted by Gasteiger charge is 2.00. The standard InChI is InChI=1S/C9H7ClN2/c1-6-4-11-5-7-8(10)2-3-12-9(6)7/h2-5H,1H3. The van der Waals surface area contributed by atoms with E-state index in [2.05, 4.69) is 9.97 Å². The van der Waals surface area contributed by atoms with E-state index >= 15 is 0 Å². The van der Waals surface area contributed by atoms with E-state index in [-0.39, 0.29) is 0 Å². The van der Waals surface area contributed by atoms with Crippen LogP contribution in [0.2, 0.25) is 5.02 Å². The fourth-order valence-corrected chi connectivity index (χ4v) is 1.37. The molecule has 3 heteroatoms. The summed E-state index contributed by atoms with van der Waals surface area (Å²) in [5, 5.41) is 1.62. The largest absolute Gasteiger partial charge is 0.264 e. The number of nitrogens with zero attached hydrogens (tertiary/aromatic N) is 2. The van der Waals surface area contributed by atoms with Crippen molar-refractivity contribution in [2.75, 3.05) is 0 Å². The smallest absolute Gasteiger partial charge is 0.0776 e. The van der Waals surface area contributed by atoms with Crippen LogP contribution in [-0.4, -0.2) is 9.97 Å². The van der Waals surface area contributed by atoms with E-state index in [4.69, 9.17) is 11.6 Å². The Hall–Kier alpha value is -1.15. The zero-order valence-electron chi connectivity index (χ0n) is 6.58. The Morgan fingerprint density at radius 3 is 2.92 bits per heavy atom. The monoisotopic (exact) mass is 178 g/mol. The highest BCUT2D eigenvalue weighted by Crippen LogP contribution is 2.21. The summed E-state index contributed by atoms with van der Waals surface area (Å²) >= 11 is 5.95. The molecule has 2 nitrogen and oxygen atoms in total. The van der Waals surface area contributed by atoms with E-state index in [1.165, 1.54) is 0 Å². The van der Waals surface area contributed by atoms with Crippen molar-refractivity contribution in [3.63, 3.8) is 0 Å². The van der Waals surface area contributed by atoms with Gasteiger partial charge in [0.05, 0.1) is 10.5 Å². The van der Waals surface area contributed by atoms with Crippen molar-refractivity contribution in [2.24, 2.45) is 0 Å². The lowest BCUT2D eigenvalue weighted by molar-refractivity contribution is 1.27. The molecule has 2 aromatic heterocycles. The summed E-state index contributed by atoms with van der Waals surface area (Å²) in [5.74, 6) is 0. The van der Waals surface area contributed by atoms with Gasteiger partial charge in [-0.3, -0.25) is 9.97 Å². The topological polar surface area (TPSA) is 25.8 Å². The number of rotatable bonds is 0. The lowest BCUT2D eigenvalue weighted by Crippen LogP contribution is -1.84. The van der Waals surface area contributed by atoms with E-state index in [0.29, 0.717) is 5.02 Å². The van der Waals surface area contributed by atoms with E-state index in [1.807, 2.05) is 6.92 Å². The Kier molecular flexibility index (Phi) is 1.70. The highest BCUT2D eigenvalue weighted by molar-refractivity contribution is 6.35. The van der Waals surface area contributed by atoms with Crippen molar-refractivity contribution in [1.29, 1.82) is 0 Å². The molecule has 0 radical (unpaired) electrons. The fraction of sp³-hybridized carbons (Fsp3) is 0.111. The summed E-state index contributed by atoms with van der Waals surface area (Å²) in [6.45, 7) is 1.97. The van der Waals surface area contributed by atoms with Gasteiger partial charge in [-0.2, -0.15) is 0 Å². The molecule has 0 spiro atoms. The predicted molar refractivity (Wildman–Crippen MR) is 49.3 cm³/mol. The van der Waals surface area contributed by atoms with Gasteiger partial charge in [-0.05, 0) is 18.6 Å². The zero-order valence-corrected chi connectivity index (χ0v) is 7.34. The third kappa shape index (κ3) is 1.04. The second-order valence-electron chi connectivity index (χ2n) is 2.65. The molecule has 0 saturated carbocycles. The van der Waals surface area contributed by atoms with Gasteiger partial charge in [0.25, 0.3) is 0 Å². The van der Waals surface area contributed by atoms with Crippen LogP contribution in [-0.2, 0) is 0 Å². The SMILES string of the molecule is Cc1cncc2c(Cl)ccnc12. The molecule has 0 aliphatic rings. The second-order valence-corrected chi connectivity index (χ2v) is 3.05. The van der Waals surface area contributed by atoms with Gasteiger partial charge in [0.15, 0.2) is 0 Å². The molecule has 60 valence electrons. The van der Waals surface area contributed by atoms with Crippen LogP contribution in [0.1, 0.15) is 5.56 Å². The summed E-state index contributed by atoms with van der Waals surface area (Å²) in [5.41, 5.74) is 1.98. The number of halogens is 1. The molecule has 0 bridgehead atoms. The molecule has 0 aromatic carbocycles. The first kappa shape index (κ1) is 7.50. The molecule has 0 aliphatic carbocycles. The third-order valence-electron chi connectivity index (χ3n) is 1.78. The van der Waals surface area contributed by atoms with Crippen molar-refractivity contribution in [3.8, 4) is 0 Å². The van der Waals surface area contributed by atoms with Gasteiger partial charge in [0, 0.05) is 24.0 Å². The molecular weight excluding hydrogens is 172 g/mol. The van der Waals surface area contributed by atoms with Gasteiger partial charge in [0.1, 0.15) is 0 Å². The molecule has 0 aliphatic heterocycles. The minimum Gasteiger partial charge on any atom is -0.264 e. The quantitative estimate of drug-likeness (QED) is 0.620. The number of aromatic nitrogens is 2. The van der Waals surface area contributed by atoms with Gasteiger partial charge in [-0.1, -0.05) is 11.6 Å². The summed E-state index contributed by atoms with van der Waals surface area (Å²) in [4.78, 5) is 8.27. The van der Waals surface area contributed by atoms with Crippen molar-refractivity contribution < 1.29 is 0 Å². The summed E-state index contributed by atoms with van der Waals surface area (Å²) in [6.07, 6.45) is 5.22. The number of hydrogen-bond acceptors (Lipinski definition) is 2. The van der Waals surface area contributed by atoms with Crippen molar-refractivity contribution in [2.45, 2.75) is 6.92 Å². The molecule has 2 rings (SSSR count). The molecule has 2 aromatic rings. The Labute approximate surface area is 75.2 Å². The second kappa shape index (κ2) is 2.72. The number of aryl methyl sites for hydroxylation is 1. The Morgan fingerprint density at radius 2 is 2.17 bits per heavy atom. The molecule has 0 unspecified atom stereocenters. The summed E-state index contributed by atoms with van der Waals surface area (Å²) < 4.78 is 0. The minimum atomic E-state index is 0.705. The lowest BCUT2D eigenvalue weighted by Gasteiger charge is -2.00. The van der Waals surface area contributed by atoms with Crippen LogP contribution in [0.5, 0.6) is 0 Å². The number of pyridine rings is 2. The Morgan fingerprint density at radius 1 is 1.33 bits per heavy atom. The van der Waals surface area contributed by atoms with Crippen LogP contribution in [0, 0.1) is 6.92 Å². The average Bonchev–Trinajstić information content (AvgIpc) is 2.07. The molecule has 12 heavy (non-hydrogen) atoms. The van der Waals surface area contributed by atoms with Gasteiger partial charge in [-0.25, -0.2) is 0 Å². The van der Waals surface area contributed by atoms with Gasteiger partial charge in [0.2, 0.25) is 0 Å². The zero-order chi connectivity index (χ0) is 8.55. The van der Waals surface area contributed by atoms with Crippen LogP contribution >= 0.6 is 11.6 Å². The maximum absolute atomic E-state index is 5.95. The Bertz CT molecular complexity index is 385. The maximum atomic E-state index is 5.95. The van der Waals surface area contributed by atoms with Crippen LogP contribution in [0.4, 0.5) is 0 Å². The number of fused-ring (bicyclic) bond motifs is 1. The first-order valence-corrected chi connectivity index (χ1v) is 4.01. The van der Waals surface area contributed by atoms with E-state index in [1.54, 1.807) is 24.7 Å². The highest BCUT2D eigenvalue weighted by atomic mass is 35.5. The minimum absolute atomic E-state index is 0.705. The fourth-order valence-electron chi connectivity index (χ4n) is 1.17. The van der Waals surface area contributed by atoms with Crippen LogP contribution in [0.25, 0.3) is 10.9 Å². The van der Waals surface area contributed by atoms with Gasteiger partial charge in [-0.15, -0.1) is 0 Å². The summed E-state index contributed by atoms with van der Waals surface area (Å²) in [6, 6.07) is 1.77. The molecule has 0 atom stereocenters. The van der Waals surface area contributed by atoms with Crippen molar-refractivity contribution in [3.05, 3.63) is 35.2 Å². The molecule has 0 N–H and O–H groups in total. The van der Waals surface area contributed by atoms with Crippen LogP contribution in [0.3, 0.4) is 0 Å². The van der Waals surface area contributed by atoms with Gasteiger partial charge >= 0.3 is 0 Å². The van der Waals surface area contributed by atoms with Crippen LogP contribution < -0.4 is 0 Å². The predicted octanol–water partition coefficient (Wildman–Crippen LogP) is 2.59. The van der Waals surface area contributed by atoms with E-state index in [0.717, 1.165) is 16.5 Å².